The third-order valence-electron chi connectivity index (χ3n) is 2.19. The number of hydrogen-bond donors (Lipinski definition) is 2. The third kappa shape index (κ3) is 4.71. The van der Waals surface area contributed by atoms with E-state index in [4.69, 9.17) is 4.74 Å². The number of halogens is 1. The summed E-state index contributed by atoms with van der Waals surface area (Å²) in [6, 6.07) is 4.73. The quantitative estimate of drug-likeness (QED) is 0.808. The lowest BCUT2D eigenvalue weighted by Gasteiger charge is -2.10. The molecule has 5 heteroatoms. The van der Waals surface area contributed by atoms with Crippen LogP contribution in [0.15, 0.2) is 18.2 Å². The minimum Gasteiger partial charge on any atom is -0.481 e. The Labute approximate surface area is 107 Å². The van der Waals surface area contributed by atoms with E-state index in [-0.39, 0.29) is 24.3 Å². The van der Waals surface area contributed by atoms with Gasteiger partial charge in [0.15, 0.2) is 18.2 Å². The monoisotopic (exact) mass is 254 g/mol. The Hall–Kier alpha value is -1.62. The van der Waals surface area contributed by atoms with Gasteiger partial charge in [0.1, 0.15) is 0 Å². The van der Waals surface area contributed by atoms with Gasteiger partial charge in [0.25, 0.3) is 5.91 Å². The fourth-order valence-corrected chi connectivity index (χ4v) is 1.48. The van der Waals surface area contributed by atoms with Crippen LogP contribution in [-0.4, -0.2) is 25.6 Å². The zero-order chi connectivity index (χ0) is 13.5. The fourth-order valence-electron chi connectivity index (χ4n) is 1.48. The Morgan fingerprint density at radius 2 is 2.17 bits per heavy atom. The van der Waals surface area contributed by atoms with E-state index in [0.717, 1.165) is 5.56 Å². The molecule has 0 aliphatic rings. The van der Waals surface area contributed by atoms with Crippen molar-refractivity contribution >= 4 is 5.91 Å². The fraction of sp³-hybridized carbons (Fsp3) is 0.462. The summed E-state index contributed by atoms with van der Waals surface area (Å²) in [7, 11) is 1.79. The Bertz CT molecular complexity index is 408. The van der Waals surface area contributed by atoms with Crippen molar-refractivity contribution in [3.63, 3.8) is 0 Å². The van der Waals surface area contributed by atoms with Gasteiger partial charge in [0.2, 0.25) is 0 Å². The number of ether oxygens (including phenoxy) is 1. The van der Waals surface area contributed by atoms with E-state index >= 15 is 0 Å². The lowest BCUT2D eigenvalue weighted by atomic mass is 10.2. The van der Waals surface area contributed by atoms with Gasteiger partial charge in [-0.25, -0.2) is 4.39 Å². The molecule has 0 unspecified atom stereocenters. The summed E-state index contributed by atoms with van der Waals surface area (Å²) in [6.45, 7) is 4.11. The molecule has 1 aromatic carbocycles. The number of rotatable bonds is 6. The highest BCUT2D eigenvalue weighted by Gasteiger charge is 2.08. The highest BCUT2D eigenvalue weighted by atomic mass is 19.1. The molecular formula is C13H19FN2O2. The lowest BCUT2D eigenvalue weighted by Crippen LogP contribution is -2.34. The van der Waals surface area contributed by atoms with Crippen molar-refractivity contribution in [2.75, 3.05) is 13.7 Å². The number of carbonyl (C=O) groups excluding carboxylic acids is 1. The number of amides is 1. The largest absolute Gasteiger partial charge is 0.481 e. The number of benzene rings is 1. The Balaban J connectivity index is 2.55. The first-order valence-electron chi connectivity index (χ1n) is 5.88. The zero-order valence-electron chi connectivity index (χ0n) is 10.9. The van der Waals surface area contributed by atoms with Crippen LogP contribution in [0.4, 0.5) is 4.39 Å². The zero-order valence-corrected chi connectivity index (χ0v) is 10.9. The standard InChI is InChI=1S/C13H19FN2O2/c1-9(2)16-13(17)8-18-12-5-4-10(7-15-3)6-11(12)14/h4-6,9,15H,7-8H2,1-3H3,(H,16,17). The summed E-state index contributed by atoms with van der Waals surface area (Å²) < 4.78 is 18.7. The summed E-state index contributed by atoms with van der Waals surface area (Å²) in [5.41, 5.74) is 0.828. The summed E-state index contributed by atoms with van der Waals surface area (Å²) in [6.07, 6.45) is 0. The van der Waals surface area contributed by atoms with Crippen LogP contribution in [0.2, 0.25) is 0 Å². The first-order chi connectivity index (χ1) is 8.52. The molecule has 0 fully saturated rings. The van der Waals surface area contributed by atoms with E-state index in [1.807, 2.05) is 13.8 Å². The first kappa shape index (κ1) is 14.4. The van der Waals surface area contributed by atoms with Crippen LogP contribution in [0.3, 0.4) is 0 Å². The Kier molecular flexibility index (Phi) is 5.58. The molecule has 0 spiro atoms. The van der Waals surface area contributed by atoms with Crippen molar-refractivity contribution in [3.05, 3.63) is 29.6 Å². The van der Waals surface area contributed by atoms with Crippen molar-refractivity contribution in [1.82, 2.24) is 10.6 Å². The predicted octanol–water partition coefficient (Wildman–Crippen LogP) is 1.45. The molecule has 2 N–H and O–H groups in total. The van der Waals surface area contributed by atoms with E-state index < -0.39 is 5.82 Å². The van der Waals surface area contributed by atoms with E-state index in [0.29, 0.717) is 6.54 Å². The molecule has 4 nitrogen and oxygen atoms in total. The molecule has 0 atom stereocenters. The average Bonchev–Trinajstić information content (AvgIpc) is 2.27. The first-order valence-corrected chi connectivity index (χ1v) is 5.88. The van der Waals surface area contributed by atoms with E-state index in [1.54, 1.807) is 13.1 Å². The highest BCUT2D eigenvalue weighted by molar-refractivity contribution is 5.77. The molecule has 0 heterocycles. The van der Waals surface area contributed by atoms with Crippen LogP contribution < -0.4 is 15.4 Å². The predicted molar refractivity (Wildman–Crippen MR) is 67.9 cm³/mol. The number of hydrogen-bond acceptors (Lipinski definition) is 3. The third-order valence-corrected chi connectivity index (χ3v) is 2.19. The van der Waals surface area contributed by atoms with Gasteiger partial charge in [-0.3, -0.25) is 4.79 Å². The van der Waals surface area contributed by atoms with E-state index in [1.165, 1.54) is 12.1 Å². The average molecular weight is 254 g/mol. The lowest BCUT2D eigenvalue weighted by molar-refractivity contribution is -0.123. The van der Waals surface area contributed by atoms with Crippen molar-refractivity contribution in [2.24, 2.45) is 0 Å². The molecule has 0 bridgehead atoms. The van der Waals surface area contributed by atoms with Crippen LogP contribution >= 0.6 is 0 Å². The minimum atomic E-state index is -0.458. The van der Waals surface area contributed by atoms with Crippen LogP contribution in [0.1, 0.15) is 19.4 Å². The molecule has 18 heavy (non-hydrogen) atoms. The van der Waals surface area contributed by atoms with Gasteiger partial charge in [-0.1, -0.05) is 6.07 Å². The second-order valence-electron chi connectivity index (χ2n) is 4.31. The molecule has 1 aromatic rings. The second kappa shape index (κ2) is 6.96. The molecule has 0 saturated heterocycles. The molecule has 0 aliphatic carbocycles. The Morgan fingerprint density at radius 3 is 2.72 bits per heavy atom. The van der Waals surface area contributed by atoms with Gasteiger partial charge in [-0.05, 0) is 38.6 Å². The topological polar surface area (TPSA) is 50.4 Å². The molecule has 0 radical (unpaired) electrons. The molecular weight excluding hydrogens is 235 g/mol. The second-order valence-corrected chi connectivity index (χ2v) is 4.31. The molecule has 0 aromatic heterocycles. The molecule has 0 aliphatic heterocycles. The van der Waals surface area contributed by atoms with Gasteiger partial charge < -0.3 is 15.4 Å². The summed E-state index contributed by atoms with van der Waals surface area (Å²) in [5, 5.41) is 5.60. The van der Waals surface area contributed by atoms with Crippen molar-refractivity contribution < 1.29 is 13.9 Å². The van der Waals surface area contributed by atoms with Crippen LogP contribution in [0, 0.1) is 5.82 Å². The molecule has 1 amide bonds. The molecule has 100 valence electrons. The number of nitrogens with one attached hydrogen (secondary N) is 2. The smallest absolute Gasteiger partial charge is 0.258 e. The highest BCUT2D eigenvalue weighted by Crippen LogP contribution is 2.18. The maximum absolute atomic E-state index is 13.6. The number of carbonyl (C=O) groups is 1. The van der Waals surface area contributed by atoms with Gasteiger partial charge in [0.05, 0.1) is 0 Å². The van der Waals surface area contributed by atoms with Crippen molar-refractivity contribution in [3.8, 4) is 5.75 Å². The van der Waals surface area contributed by atoms with Crippen LogP contribution in [-0.2, 0) is 11.3 Å². The van der Waals surface area contributed by atoms with Crippen LogP contribution in [0.5, 0.6) is 5.75 Å². The van der Waals surface area contributed by atoms with Gasteiger partial charge in [-0.2, -0.15) is 0 Å². The maximum atomic E-state index is 13.6. The van der Waals surface area contributed by atoms with E-state index in [2.05, 4.69) is 10.6 Å². The van der Waals surface area contributed by atoms with Gasteiger partial charge in [-0.15, -0.1) is 0 Å². The van der Waals surface area contributed by atoms with Crippen molar-refractivity contribution in [2.45, 2.75) is 26.4 Å². The summed E-state index contributed by atoms with van der Waals surface area (Å²) in [4.78, 5) is 11.3. The molecule has 0 saturated carbocycles. The van der Waals surface area contributed by atoms with Gasteiger partial charge in [0, 0.05) is 12.6 Å². The molecule has 1 rings (SSSR count). The Morgan fingerprint density at radius 1 is 1.44 bits per heavy atom. The SMILES string of the molecule is CNCc1ccc(OCC(=O)NC(C)C)c(F)c1. The van der Waals surface area contributed by atoms with Gasteiger partial charge >= 0.3 is 0 Å². The summed E-state index contributed by atoms with van der Waals surface area (Å²) >= 11 is 0. The minimum absolute atomic E-state index is 0.0453. The normalized spacial score (nSPS) is 10.5. The maximum Gasteiger partial charge on any atom is 0.258 e. The summed E-state index contributed by atoms with van der Waals surface area (Å²) in [5.74, 6) is -0.627. The van der Waals surface area contributed by atoms with Crippen LogP contribution in [0.25, 0.3) is 0 Å². The van der Waals surface area contributed by atoms with Crippen molar-refractivity contribution in [1.29, 1.82) is 0 Å². The van der Waals surface area contributed by atoms with E-state index in [9.17, 15) is 9.18 Å².